The second-order valence-electron chi connectivity index (χ2n) is 4.39. The van der Waals surface area contributed by atoms with Crippen LogP contribution in [0.1, 0.15) is 26.4 Å². The largest absolute Gasteiger partial charge is 0.478 e. The van der Waals surface area contributed by atoms with Gasteiger partial charge in [-0.3, -0.25) is 4.79 Å². The molecule has 0 aliphatic heterocycles. The Labute approximate surface area is 124 Å². The van der Waals surface area contributed by atoms with E-state index in [9.17, 15) is 9.59 Å². The lowest BCUT2D eigenvalue weighted by molar-refractivity contribution is 0.0695. The molecule has 1 heterocycles. The topological polar surface area (TPSA) is 71.3 Å². The molecule has 2 aromatic rings. The van der Waals surface area contributed by atoms with Gasteiger partial charge in [-0.05, 0) is 46.6 Å². The number of rotatable bonds is 3. The van der Waals surface area contributed by atoms with E-state index in [1.807, 2.05) is 0 Å². The minimum atomic E-state index is -1.01. The predicted octanol–water partition coefficient (Wildman–Crippen LogP) is 3.05. The first-order valence-corrected chi connectivity index (χ1v) is 6.65. The molecule has 1 aromatic carbocycles. The van der Waals surface area contributed by atoms with Gasteiger partial charge in [0, 0.05) is 23.4 Å². The van der Waals surface area contributed by atoms with Gasteiger partial charge in [-0.2, -0.15) is 0 Å². The van der Waals surface area contributed by atoms with Crippen LogP contribution in [-0.2, 0) is 7.05 Å². The number of aryl methyl sites for hydroxylation is 1. The number of carbonyl (C=O) groups excluding carboxylic acids is 1. The van der Waals surface area contributed by atoms with Crippen molar-refractivity contribution in [3.05, 3.63) is 51.8 Å². The summed E-state index contributed by atoms with van der Waals surface area (Å²) in [5.41, 5.74) is 1.68. The van der Waals surface area contributed by atoms with Crippen LogP contribution >= 0.6 is 15.9 Å². The van der Waals surface area contributed by atoms with E-state index in [1.54, 1.807) is 42.9 Å². The Morgan fingerprint density at radius 2 is 2.05 bits per heavy atom. The van der Waals surface area contributed by atoms with Crippen LogP contribution in [0.4, 0.5) is 5.69 Å². The van der Waals surface area contributed by atoms with Crippen molar-refractivity contribution in [3.63, 3.8) is 0 Å². The molecule has 104 valence electrons. The highest BCUT2D eigenvalue weighted by molar-refractivity contribution is 9.10. The van der Waals surface area contributed by atoms with Crippen LogP contribution in [0, 0.1) is 6.92 Å². The molecule has 0 unspecified atom stereocenters. The quantitative estimate of drug-likeness (QED) is 0.904. The average Bonchev–Trinajstić information content (AvgIpc) is 2.70. The fourth-order valence-electron chi connectivity index (χ4n) is 1.94. The molecular weight excluding hydrogens is 324 g/mol. The second-order valence-corrected chi connectivity index (χ2v) is 5.31. The van der Waals surface area contributed by atoms with E-state index >= 15 is 0 Å². The van der Waals surface area contributed by atoms with E-state index < -0.39 is 5.97 Å². The van der Waals surface area contributed by atoms with E-state index in [1.165, 1.54) is 6.07 Å². The molecule has 0 atom stereocenters. The summed E-state index contributed by atoms with van der Waals surface area (Å²) in [5, 5.41) is 11.8. The summed E-state index contributed by atoms with van der Waals surface area (Å²) in [6.45, 7) is 1.67. The molecule has 0 fully saturated rings. The maximum absolute atomic E-state index is 12.2. The number of anilines is 1. The molecule has 0 aliphatic rings. The van der Waals surface area contributed by atoms with Crippen LogP contribution in [0.25, 0.3) is 0 Å². The monoisotopic (exact) mass is 336 g/mol. The Kier molecular flexibility index (Phi) is 3.94. The van der Waals surface area contributed by atoms with Gasteiger partial charge in [0.1, 0.15) is 5.69 Å². The van der Waals surface area contributed by atoms with Crippen LogP contribution in [-0.4, -0.2) is 21.6 Å². The number of nitrogens with one attached hydrogen (secondary N) is 1. The molecule has 20 heavy (non-hydrogen) atoms. The predicted molar refractivity (Wildman–Crippen MR) is 79.2 cm³/mol. The lowest BCUT2D eigenvalue weighted by atomic mass is 10.1. The zero-order valence-electron chi connectivity index (χ0n) is 11.0. The first kappa shape index (κ1) is 14.3. The summed E-state index contributed by atoms with van der Waals surface area (Å²) in [6.07, 6.45) is 1.77. The van der Waals surface area contributed by atoms with E-state index in [2.05, 4.69) is 21.2 Å². The van der Waals surface area contributed by atoms with Crippen LogP contribution < -0.4 is 5.32 Å². The Morgan fingerprint density at radius 3 is 2.60 bits per heavy atom. The van der Waals surface area contributed by atoms with Gasteiger partial charge in [0.15, 0.2) is 0 Å². The van der Waals surface area contributed by atoms with Crippen molar-refractivity contribution in [1.29, 1.82) is 0 Å². The van der Waals surface area contributed by atoms with Crippen molar-refractivity contribution >= 4 is 33.5 Å². The number of benzene rings is 1. The molecule has 0 saturated heterocycles. The van der Waals surface area contributed by atoms with Crippen LogP contribution in [0.3, 0.4) is 0 Å². The summed E-state index contributed by atoms with van der Waals surface area (Å²) in [5.74, 6) is -1.30. The summed E-state index contributed by atoms with van der Waals surface area (Å²) in [6, 6.07) is 6.49. The minimum absolute atomic E-state index is 0.177. The standard InChI is InChI=1S/C14H13BrN2O3/c1-8-10(14(19)20)4-3-5-11(8)16-13(18)12-6-9(15)7-17(12)2/h3-7H,1-2H3,(H,16,18)(H,19,20). The van der Waals surface area contributed by atoms with E-state index in [4.69, 9.17) is 5.11 Å². The number of carboxylic acid groups (broad SMARTS) is 1. The number of halogens is 1. The highest BCUT2D eigenvalue weighted by Crippen LogP contribution is 2.21. The van der Waals surface area contributed by atoms with E-state index in [-0.39, 0.29) is 11.5 Å². The van der Waals surface area contributed by atoms with Crippen LogP contribution in [0.5, 0.6) is 0 Å². The lowest BCUT2D eigenvalue weighted by Crippen LogP contribution is -2.16. The molecule has 1 amide bonds. The number of amides is 1. The Bertz CT molecular complexity index is 692. The van der Waals surface area contributed by atoms with Crippen molar-refractivity contribution < 1.29 is 14.7 Å². The Balaban J connectivity index is 2.31. The number of aromatic carboxylic acids is 1. The summed E-state index contributed by atoms with van der Waals surface area (Å²) in [4.78, 5) is 23.2. The first-order valence-electron chi connectivity index (χ1n) is 5.86. The van der Waals surface area contributed by atoms with Crippen molar-refractivity contribution in [2.75, 3.05) is 5.32 Å². The van der Waals surface area contributed by atoms with Gasteiger partial charge >= 0.3 is 5.97 Å². The third-order valence-electron chi connectivity index (χ3n) is 3.02. The van der Waals surface area contributed by atoms with Gasteiger partial charge in [-0.15, -0.1) is 0 Å². The van der Waals surface area contributed by atoms with Crippen molar-refractivity contribution in [3.8, 4) is 0 Å². The van der Waals surface area contributed by atoms with Gasteiger partial charge < -0.3 is 15.0 Å². The Hall–Kier alpha value is -2.08. The molecule has 0 spiro atoms. The fraction of sp³-hybridized carbons (Fsp3) is 0.143. The molecule has 1 aromatic heterocycles. The van der Waals surface area contributed by atoms with Crippen LogP contribution in [0.15, 0.2) is 34.9 Å². The molecule has 0 bridgehead atoms. The number of carboxylic acids is 1. The zero-order chi connectivity index (χ0) is 14.9. The number of hydrogen-bond donors (Lipinski definition) is 2. The van der Waals surface area contributed by atoms with E-state index in [0.29, 0.717) is 16.9 Å². The number of carbonyl (C=O) groups is 2. The third-order valence-corrected chi connectivity index (χ3v) is 3.45. The maximum Gasteiger partial charge on any atom is 0.336 e. The SMILES string of the molecule is Cc1c(NC(=O)c2cc(Br)cn2C)cccc1C(=O)O. The Morgan fingerprint density at radius 1 is 1.35 bits per heavy atom. The highest BCUT2D eigenvalue weighted by atomic mass is 79.9. The number of hydrogen-bond acceptors (Lipinski definition) is 2. The lowest BCUT2D eigenvalue weighted by Gasteiger charge is -2.10. The van der Waals surface area contributed by atoms with E-state index in [0.717, 1.165) is 4.47 Å². The molecule has 0 aliphatic carbocycles. The molecule has 0 saturated carbocycles. The first-order chi connectivity index (χ1) is 9.40. The van der Waals surface area contributed by atoms with Gasteiger partial charge in [0.25, 0.3) is 5.91 Å². The molecule has 5 nitrogen and oxygen atoms in total. The van der Waals surface area contributed by atoms with Gasteiger partial charge in [0.2, 0.25) is 0 Å². The molecule has 6 heteroatoms. The smallest absolute Gasteiger partial charge is 0.336 e. The molecule has 2 rings (SSSR count). The van der Waals surface area contributed by atoms with Gasteiger partial charge in [-0.25, -0.2) is 4.79 Å². The normalized spacial score (nSPS) is 10.3. The fourth-order valence-corrected chi connectivity index (χ4v) is 2.46. The van der Waals surface area contributed by atoms with Crippen molar-refractivity contribution in [2.24, 2.45) is 7.05 Å². The van der Waals surface area contributed by atoms with Gasteiger partial charge in [0.05, 0.1) is 5.56 Å². The average molecular weight is 337 g/mol. The number of nitrogens with zero attached hydrogens (tertiary/aromatic N) is 1. The number of aromatic nitrogens is 1. The van der Waals surface area contributed by atoms with Crippen molar-refractivity contribution in [2.45, 2.75) is 6.92 Å². The third kappa shape index (κ3) is 2.75. The summed E-state index contributed by atoms with van der Waals surface area (Å²) >= 11 is 3.30. The zero-order valence-corrected chi connectivity index (χ0v) is 12.6. The highest BCUT2D eigenvalue weighted by Gasteiger charge is 2.15. The second kappa shape index (κ2) is 5.50. The van der Waals surface area contributed by atoms with Crippen LogP contribution in [0.2, 0.25) is 0 Å². The molecule has 0 radical (unpaired) electrons. The molecular formula is C14H13BrN2O3. The maximum atomic E-state index is 12.2. The van der Waals surface area contributed by atoms with Crippen molar-refractivity contribution in [1.82, 2.24) is 4.57 Å². The summed E-state index contributed by atoms with van der Waals surface area (Å²) < 4.78 is 2.50. The molecule has 2 N–H and O–H groups in total. The minimum Gasteiger partial charge on any atom is -0.478 e. The van der Waals surface area contributed by atoms with Gasteiger partial charge in [-0.1, -0.05) is 6.07 Å². The summed E-state index contributed by atoms with van der Waals surface area (Å²) in [7, 11) is 1.76.